The molecule has 1 aromatic heterocycles. The summed E-state index contributed by atoms with van der Waals surface area (Å²) in [5, 5.41) is 7.83. The van der Waals surface area contributed by atoms with Gasteiger partial charge in [-0.15, -0.1) is 10.2 Å². The number of hydrogen-bond donors (Lipinski definition) is 1. The zero-order valence-corrected chi connectivity index (χ0v) is 9.88. The summed E-state index contributed by atoms with van der Waals surface area (Å²) >= 11 is 0. The van der Waals surface area contributed by atoms with Crippen LogP contribution >= 0.6 is 0 Å². The van der Waals surface area contributed by atoms with E-state index in [1.165, 1.54) is 0 Å². The number of benzene rings is 1. The fourth-order valence-corrected chi connectivity index (χ4v) is 1.48. The van der Waals surface area contributed by atoms with Gasteiger partial charge in [-0.3, -0.25) is 0 Å². The Kier molecular flexibility index (Phi) is 3.39. The van der Waals surface area contributed by atoms with E-state index in [-0.39, 0.29) is 6.04 Å². The average Bonchev–Trinajstić information content (AvgIpc) is 2.78. The summed E-state index contributed by atoms with van der Waals surface area (Å²) in [5.74, 6) is 1.84. The molecule has 0 bridgehead atoms. The highest BCUT2D eigenvalue weighted by Crippen LogP contribution is 2.16. The molecule has 0 aliphatic heterocycles. The average molecular weight is 233 g/mol. The summed E-state index contributed by atoms with van der Waals surface area (Å²) in [4.78, 5) is 0. The molecule has 0 spiro atoms. The molecule has 0 saturated heterocycles. The molecule has 5 nitrogen and oxygen atoms in total. The molecule has 2 aromatic rings. The van der Waals surface area contributed by atoms with E-state index in [4.69, 9.17) is 14.9 Å². The molecule has 0 aliphatic rings. The van der Waals surface area contributed by atoms with E-state index in [1.807, 2.05) is 31.2 Å². The molecular formula is C12H15N3O2. The van der Waals surface area contributed by atoms with Gasteiger partial charge in [0.1, 0.15) is 5.75 Å². The molecule has 2 N–H and O–H groups in total. The molecule has 0 aliphatic carbocycles. The van der Waals surface area contributed by atoms with Crippen LogP contribution < -0.4 is 10.5 Å². The maximum atomic E-state index is 5.65. The molecule has 1 atom stereocenters. The summed E-state index contributed by atoms with van der Waals surface area (Å²) in [6.45, 7) is 1.81. The molecule has 0 radical (unpaired) electrons. The maximum Gasteiger partial charge on any atom is 0.232 e. The smallest absolute Gasteiger partial charge is 0.232 e. The molecule has 0 amide bonds. The monoisotopic (exact) mass is 233 g/mol. The molecule has 90 valence electrons. The number of hydrogen-bond acceptors (Lipinski definition) is 5. The Morgan fingerprint density at radius 1 is 1.41 bits per heavy atom. The van der Waals surface area contributed by atoms with E-state index in [2.05, 4.69) is 10.2 Å². The Balaban J connectivity index is 2.13. The van der Waals surface area contributed by atoms with Gasteiger partial charge in [-0.05, 0) is 24.6 Å². The SMILES string of the molecule is COc1cccc(Cc2nnc(C(C)N)o2)c1. The number of ether oxygens (including phenoxy) is 1. The van der Waals surface area contributed by atoms with Crippen LogP contribution in [0.2, 0.25) is 0 Å². The van der Waals surface area contributed by atoms with Gasteiger partial charge in [0.2, 0.25) is 11.8 Å². The largest absolute Gasteiger partial charge is 0.497 e. The third-order valence-electron chi connectivity index (χ3n) is 2.36. The van der Waals surface area contributed by atoms with E-state index in [9.17, 15) is 0 Å². The first-order chi connectivity index (χ1) is 8.19. The van der Waals surface area contributed by atoms with Gasteiger partial charge in [0, 0.05) is 0 Å². The van der Waals surface area contributed by atoms with Crippen molar-refractivity contribution in [2.75, 3.05) is 7.11 Å². The minimum atomic E-state index is -0.235. The van der Waals surface area contributed by atoms with Crippen molar-refractivity contribution in [3.8, 4) is 5.75 Å². The van der Waals surface area contributed by atoms with Crippen LogP contribution in [0, 0.1) is 0 Å². The first-order valence-corrected chi connectivity index (χ1v) is 5.40. The van der Waals surface area contributed by atoms with Crippen LogP contribution in [0.3, 0.4) is 0 Å². The normalized spacial score (nSPS) is 12.4. The summed E-state index contributed by atoms with van der Waals surface area (Å²) in [6.07, 6.45) is 0.580. The van der Waals surface area contributed by atoms with Crippen molar-refractivity contribution in [2.45, 2.75) is 19.4 Å². The second-order valence-electron chi connectivity index (χ2n) is 3.85. The van der Waals surface area contributed by atoms with Gasteiger partial charge in [0.15, 0.2) is 0 Å². The van der Waals surface area contributed by atoms with Crippen LogP contribution in [0.4, 0.5) is 0 Å². The van der Waals surface area contributed by atoms with Gasteiger partial charge < -0.3 is 14.9 Å². The Labute approximate surface area is 99.6 Å². The molecule has 0 saturated carbocycles. The predicted molar refractivity (Wildman–Crippen MR) is 62.7 cm³/mol. The van der Waals surface area contributed by atoms with Crippen molar-refractivity contribution >= 4 is 0 Å². The van der Waals surface area contributed by atoms with Crippen molar-refractivity contribution in [1.82, 2.24) is 10.2 Å². The number of aromatic nitrogens is 2. The molecular weight excluding hydrogens is 218 g/mol. The van der Waals surface area contributed by atoms with Crippen LogP contribution in [-0.2, 0) is 6.42 Å². The Bertz CT molecular complexity index is 494. The van der Waals surface area contributed by atoms with Crippen LogP contribution in [0.25, 0.3) is 0 Å². The Hall–Kier alpha value is -1.88. The third-order valence-corrected chi connectivity index (χ3v) is 2.36. The van der Waals surface area contributed by atoms with Crippen molar-refractivity contribution in [3.63, 3.8) is 0 Å². The number of nitrogens with zero attached hydrogens (tertiary/aromatic N) is 2. The molecule has 1 heterocycles. The molecule has 0 fully saturated rings. The second-order valence-corrected chi connectivity index (χ2v) is 3.85. The topological polar surface area (TPSA) is 74.2 Å². The van der Waals surface area contributed by atoms with Crippen molar-refractivity contribution in [3.05, 3.63) is 41.6 Å². The summed E-state index contributed by atoms with van der Waals surface area (Å²) < 4.78 is 10.6. The Morgan fingerprint density at radius 2 is 2.24 bits per heavy atom. The predicted octanol–water partition coefficient (Wildman–Crippen LogP) is 1.69. The Morgan fingerprint density at radius 3 is 2.88 bits per heavy atom. The molecule has 5 heteroatoms. The fraction of sp³-hybridized carbons (Fsp3) is 0.333. The van der Waals surface area contributed by atoms with Crippen molar-refractivity contribution in [2.24, 2.45) is 5.73 Å². The highest BCUT2D eigenvalue weighted by molar-refractivity contribution is 5.29. The highest BCUT2D eigenvalue weighted by atomic mass is 16.5. The van der Waals surface area contributed by atoms with E-state index in [1.54, 1.807) is 7.11 Å². The van der Waals surface area contributed by atoms with Gasteiger partial charge in [-0.2, -0.15) is 0 Å². The molecule has 1 aromatic carbocycles. The highest BCUT2D eigenvalue weighted by Gasteiger charge is 2.10. The first kappa shape index (κ1) is 11.6. The lowest BCUT2D eigenvalue weighted by molar-refractivity contribution is 0.413. The molecule has 17 heavy (non-hydrogen) atoms. The van der Waals surface area contributed by atoms with Crippen molar-refractivity contribution < 1.29 is 9.15 Å². The quantitative estimate of drug-likeness (QED) is 0.869. The second kappa shape index (κ2) is 4.97. The van der Waals surface area contributed by atoms with Crippen LogP contribution in [0.1, 0.15) is 30.3 Å². The number of rotatable bonds is 4. The summed E-state index contributed by atoms with van der Waals surface area (Å²) in [5.41, 5.74) is 6.71. The van der Waals surface area contributed by atoms with Crippen LogP contribution in [-0.4, -0.2) is 17.3 Å². The number of nitrogens with two attached hydrogens (primary N) is 1. The summed E-state index contributed by atoms with van der Waals surface area (Å²) in [6, 6.07) is 7.51. The zero-order valence-electron chi connectivity index (χ0n) is 9.88. The van der Waals surface area contributed by atoms with E-state index < -0.39 is 0 Å². The summed E-state index contributed by atoms with van der Waals surface area (Å²) in [7, 11) is 1.64. The first-order valence-electron chi connectivity index (χ1n) is 5.40. The van der Waals surface area contributed by atoms with Gasteiger partial charge in [0.05, 0.1) is 19.6 Å². The lowest BCUT2D eigenvalue weighted by Gasteiger charge is -2.01. The maximum absolute atomic E-state index is 5.65. The number of methoxy groups -OCH3 is 1. The van der Waals surface area contributed by atoms with Crippen molar-refractivity contribution in [1.29, 1.82) is 0 Å². The van der Waals surface area contributed by atoms with Gasteiger partial charge in [-0.1, -0.05) is 12.1 Å². The van der Waals surface area contributed by atoms with E-state index in [0.29, 0.717) is 18.2 Å². The standard InChI is InChI=1S/C12H15N3O2/c1-8(13)12-15-14-11(17-12)7-9-4-3-5-10(6-9)16-2/h3-6,8H,7,13H2,1-2H3. The molecule has 2 rings (SSSR count). The minimum absolute atomic E-state index is 0.235. The van der Waals surface area contributed by atoms with E-state index in [0.717, 1.165) is 11.3 Å². The van der Waals surface area contributed by atoms with E-state index >= 15 is 0 Å². The van der Waals surface area contributed by atoms with Gasteiger partial charge in [0.25, 0.3) is 0 Å². The molecule has 1 unspecified atom stereocenters. The van der Waals surface area contributed by atoms with Gasteiger partial charge >= 0.3 is 0 Å². The lowest BCUT2D eigenvalue weighted by atomic mass is 10.1. The van der Waals surface area contributed by atoms with Crippen LogP contribution in [0.5, 0.6) is 5.75 Å². The third kappa shape index (κ3) is 2.82. The van der Waals surface area contributed by atoms with Crippen LogP contribution in [0.15, 0.2) is 28.7 Å². The minimum Gasteiger partial charge on any atom is -0.497 e. The fourth-order valence-electron chi connectivity index (χ4n) is 1.48. The van der Waals surface area contributed by atoms with Gasteiger partial charge in [-0.25, -0.2) is 0 Å². The lowest BCUT2D eigenvalue weighted by Crippen LogP contribution is -2.04. The zero-order chi connectivity index (χ0) is 12.3.